The second kappa shape index (κ2) is 8.50. The van der Waals surface area contributed by atoms with Gasteiger partial charge in [-0.1, -0.05) is 30.3 Å². The topological polar surface area (TPSA) is 92.4 Å². The van der Waals surface area contributed by atoms with Crippen LogP contribution in [0, 0.1) is 0 Å². The van der Waals surface area contributed by atoms with Crippen LogP contribution in [0.25, 0.3) is 11.6 Å². The molecule has 2 rings (SSSR count). The minimum absolute atomic E-state index is 0.0259. The van der Waals surface area contributed by atoms with Gasteiger partial charge in [0.25, 0.3) is 5.91 Å². The summed E-state index contributed by atoms with van der Waals surface area (Å²) in [6, 6.07) is 10.4. The Hall–Kier alpha value is -3.13. The number of aliphatic hydroxyl groups excluding tert-OH is 1. The van der Waals surface area contributed by atoms with Gasteiger partial charge in [-0.2, -0.15) is 13.2 Å². The maximum Gasteiger partial charge on any atom is 0.416 e. The molecule has 0 aliphatic rings. The van der Waals surface area contributed by atoms with Gasteiger partial charge < -0.3 is 16.2 Å². The molecular formula is C19H17F3N2O3. The molecule has 8 heteroatoms. The number of rotatable bonds is 6. The average Bonchev–Trinajstić information content (AvgIpc) is 2.63. The summed E-state index contributed by atoms with van der Waals surface area (Å²) in [7, 11) is 0. The van der Waals surface area contributed by atoms with E-state index >= 15 is 0 Å². The monoisotopic (exact) mass is 378 g/mol. The van der Waals surface area contributed by atoms with Crippen molar-refractivity contribution in [3.05, 3.63) is 70.8 Å². The Bertz CT molecular complexity index is 859. The predicted octanol–water partition coefficient (Wildman–Crippen LogP) is 2.45. The third-order valence-electron chi connectivity index (χ3n) is 3.67. The van der Waals surface area contributed by atoms with Crippen molar-refractivity contribution in [3.63, 3.8) is 0 Å². The van der Waals surface area contributed by atoms with Crippen molar-refractivity contribution in [1.29, 1.82) is 0 Å². The Morgan fingerprint density at radius 3 is 2.15 bits per heavy atom. The number of hydrogen-bond acceptors (Lipinski definition) is 3. The third kappa shape index (κ3) is 5.18. The molecule has 142 valence electrons. The van der Waals surface area contributed by atoms with Gasteiger partial charge in [-0.15, -0.1) is 0 Å². The molecule has 0 heterocycles. The van der Waals surface area contributed by atoms with E-state index in [1.807, 2.05) is 0 Å². The first-order valence-electron chi connectivity index (χ1n) is 7.91. The molecule has 2 amide bonds. The summed E-state index contributed by atoms with van der Waals surface area (Å²) in [6.45, 7) is -0.321. The Morgan fingerprint density at radius 2 is 1.63 bits per heavy atom. The van der Waals surface area contributed by atoms with Crippen LogP contribution in [0.2, 0.25) is 0 Å². The van der Waals surface area contributed by atoms with Gasteiger partial charge in [-0.25, -0.2) is 0 Å². The number of carbonyl (C=O) groups excluding carboxylic acids is 2. The first-order valence-corrected chi connectivity index (χ1v) is 7.91. The molecule has 0 saturated carbocycles. The lowest BCUT2D eigenvalue weighted by Gasteiger charge is -2.12. The molecule has 2 aromatic rings. The highest BCUT2D eigenvalue weighted by molar-refractivity contribution is 6.26. The summed E-state index contributed by atoms with van der Waals surface area (Å²) < 4.78 is 38.1. The minimum Gasteiger partial charge on any atom is -0.395 e. The molecule has 4 N–H and O–H groups in total. The average molecular weight is 378 g/mol. The standard InChI is InChI=1S/C19H17F3N2O3/c20-19(21,22)13-7-5-12(6-8-13)11-16(18(27)24-9-10-25)14-3-1-2-4-15(14)17(23)26/h1-8,11,25H,9-10H2,(H2,23,26)(H,24,27). The molecule has 0 aliphatic carbocycles. The molecular weight excluding hydrogens is 361 g/mol. The number of benzene rings is 2. The van der Waals surface area contributed by atoms with Crippen LogP contribution in [-0.2, 0) is 11.0 Å². The van der Waals surface area contributed by atoms with Crippen LogP contribution in [-0.4, -0.2) is 30.1 Å². The van der Waals surface area contributed by atoms with Gasteiger partial charge >= 0.3 is 6.18 Å². The number of hydrogen-bond donors (Lipinski definition) is 3. The zero-order chi connectivity index (χ0) is 20.0. The number of amides is 2. The maximum atomic E-state index is 12.7. The molecule has 0 aromatic heterocycles. The Kier molecular flexibility index (Phi) is 6.36. The highest BCUT2D eigenvalue weighted by atomic mass is 19.4. The Morgan fingerprint density at radius 1 is 1.04 bits per heavy atom. The van der Waals surface area contributed by atoms with Gasteiger partial charge in [0.1, 0.15) is 0 Å². The van der Waals surface area contributed by atoms with Crippen LogP contribution in [0.15, 0.2) is 48.5 Å². The zero-order valence-electron chi connectivity index (χ0n) is 14.1. The van der Waals surface area contributed by atoms with Crippen molar-refractivity contribution in [2.75, 3.05) is 13.2 Å². The first-order chi connectivity index (χ1) is 12.7. The van der Waals surface area contributed by atoms with E-state index in [4.69, 9.17) is 10.8 Å². The predicted molar refractivity (Wildman–Crippen MR) is 94.4 cm³/mol. The van der Waals surface area contributed by atoms with E-state index in [1.54, 1.807) is 12.1 Å². The largest absolute Gasteiger partial charge is 0.416 e. The summed E-state index contributed by atoms with van der Waals surface area (Å²) in [5.74, 6) is -1.35. The van der Waals surface area contributed by atoms with E-state index in [1.165, 1.54) is 30.3 Å². The third-order valence-corrected chi connectivity index (χ3v) is 3.67. The fraction of sp³-hybridized carbons (Fsp3) is 0.158. The second-order valence-corrected chi connectivity index (χ2v) is 5.57. The van der Waals surface area contributed by atoms with Crippen LogP contribution in [0.1, 0.15) is 27.0 Å². The SMILES string of the molecule is NC(=O)c1ccccc1C(=Cc1ccc(C(F)(F)F)cc1)C(=O)NCCO. The number of nitrogens with one attached hydrogen (secondary N) is 1. The van der Waals surface area contributed by atoms with Crippen molar-refractivity contribution in [2.45, 2.75) is 6.18 Å². The molecule has 0 fully saturated rings. The fourth-order valence-corrected chi connectivity index (χ4v) is 2.40. The van der Waals surface area contributed by atoms with Crippen molar-refractivity contribution < 1.29 is 27.9 Å². The van der Waals surface area contributed by atoms with Crippen molar-refractivity contribution in [1.82, 2.24) is 5.32 Å². The van der Waals surface area contributed by atoms with Gasteiger partial charge in [-0.05, 0) is 35.4 Å². The second-order valence-electron chi connectivity index (χ2n) is 5.57. The summed E-state index contributed by atoms with van der Waals surface area (Å²) in [4.78, 5) is 24.2. The van der Waals surface area contributed by atoms with E-state index < -0.39 is 23.6 Å². The van der Waals surface area contributed by atoms with Crippen molar-refractivity contribution >= 4 is 23.5 Å². The summed E-state index contributed by atoms with van der Waals surface area (Å²) in [5.41, 5.74) is 5.23. The Balaban J connectivity index is 2.52. The lowest BCUT2D eigenvalue weighted by atomic mass is 9.96. The molecule has 0 atom stereocenters. The fourth-order valence-electron chi connectivity index (χ4n) is 2.40. The van der Waals surface area contributed by atoms with E-state index in [9.17, 15) is 22.8 Å². The number of primary amides is 1. The van der Waals surface area contributed by atoms with Gasteiger partial charge in [-0.3, -0.25) is 9.59 Å². The Labute approximate surface area is 153 Å². The lowest BCUT2D eigenvalue weighted by molar-refractivity contribution is -0.137. The number of alkyl halides is 3. The van der Waals surface area contributed by atoms with Crippen LogP contribution in [0.3, 0.4) is 0 Å². The molecule has 0 unspecified atom stereocenters. The number of carbonyl (C=O) groups is 2. The minimum atomic E-state index is -4.47. The molecule has 2 aromatic carbocycles. The highest BCUT2D eigenvalue weighted by Gasteiger charge is 2.30. The zero-order valence-corrected chi connectivity index (χ0v) is 14.1. The number of nitrogens with two attached hydrogens (primary N) is 1. The number of aliphatic hydroxyl groups is 1. The smallest absolute Gasteiger partial charge is 0.395 e. The van der Waals surface area contributed by atoms with Crippen LogP contribution in [0.5, 0.6) is 0 Å². The van der Waals surface area contributed by atoms with Crippen LogP contribution in [0.4, 0.5) is 13.2 Å². The highest BCUT2D eigenvalue weighted by Crippen LogP contribution is 2.30. The van der Waals surface area contributed by atoms with E-state index in [0.717, 1.165) is 12.1 Å². The van der Waals surface area contributed by atoms with Gasteiger partial charge in [0, 0.05) is 17.7 Å². The quantitative estimate of drug-likeness (QED) is 0.533. The first kappa shape index (κ1) is 20.2. The molecule has 0 bridgehead atoms. The molecule has 0 saturated heterocycles. The van der Waals surface area contributed by atoms with Crippen molar-refractivity contribution in [2.24, 2.45) is 5.73 Å². The molecule has 0 spiro atoms. The van der Waals surface area contributed by atoms with Crippen molar-refractivity contribution in [3.8, 4) is 0 Å². The maximum absolute atomic E-state index is 12.7. The molecule has 27 heavy (non-hydrogen) atoms. The summed E-state index contributed by atoms with van der Waals surface area (Å²) >= 11 is 0. The number of halogens is 3. The molecule has 0 aliphatic heterocycles. The van der Waals surface area contributed by atoms with Gasteiger partial charge in [0.2, 0.25) is 5.91 Å². The summed E-state index contributed by atoms with van der Waals surface area (Å²) in [6.07, 6.45) is -3.11. The normalized spacial score (nSPS) is 11.9. The van der Waals surface area contributed by atoms with Gasteiger partial charge in [0.05, 0.1) is 12.2 Å². The van der Waals surface area contributed by atoms with E-state index in [-0.39, 0.29) is 29.9 Å². The van der Waals surface area contributed by atoms with Crippen LogP contribution < -0.4 is 11.1 Å². The summed E-state index contributed by atoms with van der Waals surface area (Å²) in [5, 5.41) is 11.4. The lowest BCUT2D eigenvalue weighted by Crippen LogP contribution is -2.28. The van der Waals surface area contributed by atoms with Gasteiger partial charge in [0.15, 0.2) is 0 Å². The van der Waals surface area contributed by atoms with Crippen LogP contribution >= 0.6 is 0 Å². The van der Waals surface area contributed by atoms with E-state index in [2.05, 4.69) is 5.32 Å². The van der Waals surface area contributed by atoms with E-state index in [0.29, 0.717) is 5.56 Å². The molecule has 0 radical (unpaired) electrons. The molecule has 5 nitrogen and oxygen atoms in total.